The van der Waals surface area contributed by atoms with Crippen LogP contribution in [0, 0.1) is 0 Å². The first-order valence-electron chi connectivity index (χ1n) is 7.97. The lowest BCUT2D eigenvalue weighted by molar-refractivity contribution is 0.231. The minimum atomic E-state index is 0.310. The molecule has 2 nitrogen and oxygen atoms in total. The summed E-state index contributed by atoms with van der Waals surface area (Å²) >= 11 is 6.07. The van der Waals surface area contributed by atoms with E-state index in [2.05, 4.69) is 59.3 Å². The van der Waals surface area contributed by atoms with Crippen molar-refractivity contribution in [3.8, 4) is 0 Å². The van der Waals surface area contributed by atoms with Crippen LogP contribution >= 0.6 is 11.6 Å². The van der Waals surface area contributed by atoms with Crippen LogP contribution in [0.5, 0.6) is 0 Å². The molecule has 0 amide bonds. The maximum Gasteiger partial charge on any atom is 0.0602 e. The molecule has 2 aromatic carbocycles. The Kier molecular flexibility index (Phi) is 5.14. The molecule has 116 valence electrons. The van der Waals surface area contributed by atoms with E-state index in [1.807, 2.05) is 12.1 Å². The maximum atomic E-state index is 6.07. The zero-order chi connectivity index (χ0) is 15.4. The molecular formula is C19H23ClN2. The van der Waals surface area contributed by atoms with Gasteiger partial charge in [0.25, 0.3) is 0 Å². The summed E-state index contributed by atoms with van der Waals surface area (Å²) in [5.41, 5.74) is 2.68. The maximum absolute atomic E-state index is 6.07. The molecule has 0 radical (unpaired) electrons. The summed E-state index contributed by atoms with van der Waals surface area (Å²) < 4.78 is 0. The van der Waals surface area contributed by atoms with Gasteiger partial charge in [-0.25, -0.2) is 0 Å². The Bertz CT molecular complexity index is 582. The van der Waals surface area contributed by atoms with Gasteiger partial charge in [-0.05, 0) is 43.3 Å². The molecule has 1 aliphatic rings. The Morgan fingerprint density at radius 1 is 0.818 bits per heavy atom. The van der Waals surface area contributed by atoms with Gasteiger partial charge in [0, 0.05) is 24.7 Å². The van der Waals surface area contributed by atoms with Crippen LogP contribution < -0.4 is 0 Å². The first-order chi connectivity index (χ1) is 10.7. The Hall–Kier alpha value is -1.35. The van der Waals surface area contributed by atoms with E-state index < -0.39 is 0 Å². The lowest BCUT2D eigenvalue weighted by Crippen LogP contribution is -2.33. The van der Waals surface area contributed by atoms with E-state index in [1.165, 1.54) is 24.1 Å². The molecule has 1 heterocycles. The van der Waals surface area contributed by atoms with Crippen LogP contribution in [0.1, 0.15) is 23.6 Å². The monoisotopic (exact) mass is 314 g/mol. The molecule has 1 aliphatic heterocycles. The summed E-state index contributed by atoms with van der Waals surface area (Å²) in [5.74, 6) is 0. The highest BCUT2D eigenvalue weighted by Crippen LogP contribution is 2.30. The van der Waals surface area contributed by atoms with E-state index in [9.17, 15) is 0 Å². The Balaban J connectivity index is 1.94. The first kappa shape index (κ1) is 15.5. The van der Waals surface area contributed by atoms with Crippen LogP contribution in [0.3, 0.4) is 0 Å². The summed E-state index contributed by atoms with van der Waals surface area (Å²) in [7, 11) is 2.21. The standard InChI is InChI=1S/C19H23ClN2/c1-21-12-5-13-22(15-14-21)19(16-6-3-2-4-7-16)17-8-10-18(20)11-9-17/h2-4,6-11,19H,5,12-15H2,1H3/t19-/m0/s1. The highest BCUT2D eigenvalue weighted by Gasteiger charge is 2.23. The number of benzene rings is 2. The zero-order valence-electron chi connectivity index (χ0n) is 13.1. The molecule has 2 aromatic rings. The molecule has 0 unspecified atom stereocenters. The Morgan fingerprint density at radius 3 is 2.23 bits per heavy atom. The number of hydrogen-bond donors (Lipinski definition) is 0. The van der Waals surface area contributed by atoms with Crippen molar-refractivity contribution >= 4 is 11.6 Å². The minimum Gasteiger partial charge on any atom is -0.305 e. The topological polar surface area (TPSA) is 6.48 Å². The van der Waals surface area contributed by atoms with Gasteiger partial charge in [-0.3, -0.25) is 4.90 Å². The third-order valence-electron chi connectivity index (χ3n) is 4.42. The molecule has 0 N–H and O–H groups in total. The fraction of sp³-hybridized carbons (Fsp3) is 0.368. The summed E-state index contributed by atoms with van der Waals surface area (Å²) in [6.45, 7) is 4.53. The second-order valence-electron chi connectivity index (χ2n) is 6.06. The number of likely N-dealkylation sites (N-methyl/N-ethyl adjacent to an activating group) is 1. The van der Waals surface area contributed by atoms with E-state index in [-0.39, 0.29) is 0 Å². The lowest BCUT2D eigenvalue weighted by Gasteiger charge is -2.31. The number of halogens is 1. The third kappa shape index (κ3) is 3.70. The van der Waals surface area contributed by atoms with Gasteiger partial charge < -0.3 is 4.90 Å². The minimum absolute atomic E-state index is 0.310. The predicted molar refractivity (Wildman–Crippen MR) is 93.4 cm³/mol. The zero-order valence-corrected chi connectivity index (χ0v) is 13.8. The summed E-state index contributed by atoms with van der Waals surface area (Å²) in [6.07, 6.45) is 1.22. The molecule has 0 aliphatic carbocycles. The van der Waals surface area contributed by atoms with Crippen molar-refractivity contribution < 1.29 is 0 Å². The highest BCUT2D eigenvalue weighted by molar-refractivity contribution is 6.30. The second kappa shape index (κ2) is 7.28. The van der Waals surface area contributed by atoms with Crippen LogP contribution in [0.25, 0.3) is 0 Å². The van der Waals surface area contributed by atoms with Crippen molar-refractivity contribution in [1.29, 1.82) is 0 Å². The predicted octanol–water partition coefficient (Wildman–Crippen LogP) is 4.07. The number of nitrogens with zero attached hydrogens (tertiary/aromatic N) is 2. The van der Waals surface area contributed by atoms with Gasteiger partial charge in [0.15, 0.2) is 0 Å². The van der Waals surface area contributed by atoms with Crippen LogP contribution in [-0.2, 0) is 0 Å². The quantitative estimate of drug-likeness (QED) is 0.842. The Labute approximate surface area is 138 Å². The van der Waals surface area contributed by atoms with Crippen molar-refractivity contribution in [3.63, 3.8) is 0 Å². The molecule has 1 saturated heterocycles. The smallest absolute Gasteiger partial charge is 0.0602 e. The average molecular weight is 315 g/mol. The Morgan fingerprint density at radius 2 is 1.50 bits per heavy atom. The van der Waals surface area contributed by atoms with E-state index in [1.54, 1.807) is 0 Å². The van der Waals surface area contributed by atoms with Crippen LogP contribution in [0.15, 0.2) is 54.6 Å². The van der Waals surface area contributed by atoms with Gasteiger partial charge in [-0.15, -0.1) is 0 Å². The van der Waals surface area contributed by atoms with E-state index in [0.717, 1.165) is 24.7 Å². The average Bonchev–Trinajstić information content (AvgIpc) is 2.76. The van der Waals surface area contributed by atoms with Crippen molar-refractivity contribution in [2.45, 2.75) is 12.5 Å². The van der Waals surface area contributed by atoms with Crippen molar-refractivity contribution in [2.24, 2.45) is 0 Å². The molecule has 0 spiro atoms. The van der Waals surface area contributed by atoms with Crippen molar-refractivity contribution in [2.75, 3.05) is 33.2 Å². The number of rotatable bonds is 3. The molecule has 0 bridgehead atoms. The fourth-order valence-corrected chi connectivity index (χ4v) is 3.35. The number of hydrogen-bond acceptors (Lipinski definition) is 2. The van der Waals surface area contributed by atoms with Crippen molar-refractivity contribution in [3.05, 3.63) is 70.7 Å². The molecule has 1 fully saturated rings. The van der Waals surface area contributed by atoms with Gasteiger partial charge in [-0.2, -0.15) is 0 Å². The summed E-state index contributed by atoms with van der Waals surface area (Å²) in [6, 6.07) is 19.4. The molecule has 22 heavy (non-hydrogen) atoms. The fourth-order valence-electron chi connectivity index (χ4n) is 3.22. The first-order valence-corrected chi connectivity index (χ1v) is 8.35. The van der Waals surface area contributed by atoms with Crippen LogP contribution in [0.2, 0.25) is 5.02 Å². The largest absolute Gasteiger partial charge is 0.305 e. The molecule has 3 heteroatoms. The molecule has 3 rings (SSSR count). The highest BCUT2D eigenvalue weighted by atomic mass is 35.5. The molecular weight excluding hydrogens is 292 g/mol. The third-order valence-corrected chi connectivity index (χ3v) is 4.67. The summed E-state index contributed by atoms with van der Waals surface area (Å²) in [4.78, 5) is 5.02. The normalized spacial score (nSPS) is 18.8. The molecule has 0 aromatic heterocycles. The van der Waals surface area contributed by atoms with Crippen LogP contribution in [0.4, 0.5) is 0 Å². The van der Waals surface area contributed by atoms with Gasteiger partial charge in [0.2, 0.25) is 0 Å². The summed E-state index contributed by atoms with van der Waals surface area (Å²) in [5, 5.41) is 0.797. The van der Waals surface area contributed by atoms with Crippen LogP contribution in [-0.4, -0.2) is 43.0 Å². The SMILES string of the molecule is CN1CCCN([C@@H](c2ccccc2)c2ccc(Cl)cc2)CC1. The molecule has 1 atom stereocenters. The van der Waals surface area contributed by atoms with Gasteiger partial charge >= 0.3 is 0 Å². The van der Waals surface area contributed by atoms with Crippen molar-refractivity contribution in [1.82, 2.24) is 9.80 Å². The van der Waals surface area contributed by atoms with Gasteiger partial charge in [0.05, 0.1) is 6.04 Å². The van der Waals surface area contributed by atoms with Gasteiger partial charge in [-0.1, -0.05) is 54.1 Å². The second-order valence-corrected chi connectivity index (χ2v) is 6.49. The van der Waals surface area contributed by atoms with E-state index in [4.69, 9.17) is 11.6 Å². The lowest BCUT2D eigenvalue weighted by atomic mass is 9.97. The van der Waals surface area contributed by atoms with E-state index >= 15 is 0 Å². The van der Waals surface area contributed by atoms with Gasteiger partial charge in [0.1, 0.15) is 0 Å². The van der Waals surface area contributed by atoms with E-state index in [0.29, 0.717) is 6.04 Å². The molecule has 0 saturated carbocycles.